The average molecular weight is 469 g/mol. The molecule has 0 radical (unpaired) electrons. The van der Waals surface area contributed by atoms with Crippen LogP contribution < -0.4 is 5.73 Å². The lowest BCUT2D eigenvalue weighted by Gasteiger charge is -2.36. The van der Waals surface area contributed by atoms with Crippen LogP contribution in [0.25, 0.3) is 0 Å². The molecule has 168 valence electrons. The molecule has 2 atom stereocenters. The smallest absolute Gasteiger partial charge is 0.425 e. The summed E-state index contributed by atoms with van der Waals surface area (Å²) in [6.45, 7) is -1.75. The molecule has 1 aromatic heterocycles. The zero-order chi connectivity index (χ0) is 23.1. The molecule has 0 unspecified atom stereocenters. The Hall–Kier alpha value is -2.76. The van der Waals surface area contributed by atoms with Crippen molar-refractivity contribution in [2.75, 3.05) is 0 Å². The van der Waals surface area contributed by atoms with E-state index in [-0.39, 0.29) is 20.8 Å². The predicted molar refractivity (Wildman–Crippen MR) is 97.4 cm³/mol. The van der Waals surface area contributed by atoms with Gasteiger partial charge < -0.3 is 10.5 Å². The van der Waals surface area contributed by atoms with Gasteiger partial charge >= 0.3 is 12.7 Å². The molecule has 0 amide bonds. The van der Waals surface area contributed by atoms with Crippen molar-refractivity contribution in [3.05, 3.63) is 52.1 Å². The molecule has 1 aromatic carbocycles. The number of Topliss-reactive ketones (excluding diaryl/α,β-unsaturated/α-hetero) is 1. The number of aliphatic imine (C=N–C) groups is 1. The summed E-state index contributed by atoms with van der Waals surface area (Å²) in [6.07, 6.45) is -7.42. The first-order valence-corrected chi connectivity index (χ1v) is 9.11. The Morgan fingerprint density at radius 1 is 1.42 bits per heavy atom. The molecule has 1 aliphatic rings. The minimum Gasteiger partial charge on any atom is -0.452 e. The highest BCUT2D eigenvalue weighted by Gasteiger charge is 2.50. The Morgan fingerprint density at radius 3 is 2.68 bits per heavy atom. The predicted octanol–water partition coefficient (Wildman–Crippen LogP) is 4.38. The van der Waals surface area contributed by atoms with Crippen molar-refractivity contribution in [2.45, 2.75) is 44.1 Å². The van der Waals surface area contributed by atoms with Crippen LogP contribution in [0.4, 0.5) is 26.3 Å². The van der Waals surface area contributed by atoms with Gasteiger partial charge in [0.05, 0.1) is 16.8 Å². The number of ketones is 1. The van der Waals surface area contributed by atoms with Gasteiger partial charge in [-0.2, -0.15) is 27.1 Å². The number of carbonyl (C=O) groups excluding carboxylic acids is 1. The van der Waals surface area contributed by atoms with Crippen molar-refractivity contribution in [1.82, 2.24) is 9.78 Å². The topological polar surface area (TPSA) is 82.5 Å². The Morgan fingerprint density at radius 2 is 2.10 bits per heavy atom. The molecule has 0 fully saturated rings. The number of hydrogen-bond donors (Lipinski definition) is 1. The van der Waals surface area contributed by atoms with E-state index in [1.54, 1.807) is 0 Å². The van der Waals surface area contributed by atoms with Gasteiger partial charge in [-0.25, -0.2) is 14.1 Å². The van der Waals surface area contributed by atoms with Crippen molar-refractivity contribution in [3.63, 3.8) is 0 Å². The molecule has 0 bridgehead atoms. The van der Waals surface area contributed by atoms with Crippen molar-refractivity contribution in [3.8, 4) is 0 Å². The van der Waals surface area contributed by atoms with Gasteiger partial charge in [-0.05, 0) is 24.6 Å². The number of amidine groups is 1. The van der Waals surface area contributed by atoms with Crippen LogP contribution in [0.2, 0.25) is 5.02 Å². The number of halogens is 7. The van der Waals surface area contributed by atoms with Crippen LogP contribution in [0.3, 0.4) is 0 Å². The molecule has 13 heteroatoms. The summed E-state index contributed by atoms with van der Waals surface area (Å²) >= 11 is 5.78. The number of aromatic nitrogens is 2. The molecular weight excluding hydrogens is 454 g/mol. The summed E-state index contributed by atoms with van der Waals surface area (Å²) in [4.78, 5) is 16.3. The van der Waals surface area contributed by atoms with Gasteiger partial charge in [-0.1, -0.05) is 17.7 Å². The monoisotopic (exact) mass is 468 g/mol. The van der Waals surface area contributed by atoms with Crippen molar-refractivity contribution in [1.29, 1.82) is 0 Å². The molecule has 2 aromatic rings. The highest BCUT2D eigenvalue weighted by Crippen LogP contribution is 2.41. The van der Waals surface area contributed by atoms with Gasteiger partial charge in [0.25, 0.3) is 6.02 Å². The van der Waals surface area contributed by atoms with E-state index in [0.29, 0.717) is 0 Å². The fraction of sp³-hybridized carbons (Fsp3) is 0.389. The van der Waals surface area contributed by atoms with Gasteiger partial charge in [0, 0.05) is 18.4 Å². The second-order valence-corrected chi connectivity index (χ2v) is 7.48. The first kappa shape index (κ1) is 22.9. The van der Waals surface area contributed by atoms with Crippen molar-refractivity contribution in [2.24, 2.45) is 10.7 Å². The Labute approximate surface area is 176 Å². The third-order valence-corrected chi connectivity index (χ3v) is 4.97. The number of hydrogen-bond acceptors (Lipinski definition) is 5. The Bertz CT molecular complexity index is 1040. The summed E-state index contributed by atoms with van der Waals surface area (Å²) in [5.74, 6) is -1.60. The largest absolute Gasteiger partial charge is 0.452 e. The Balaban J connectivity index is 1.92. The van der Waals surface area contributed by atoms with E-state index in [0.717, 1.165) is 12.3 Å². The molecule has 31 heavy (non-hydrogen) atoms. The van der Waals surface area contributed by atoms with E-state index in [1.165, 1.54) is 19.1 Å². The summed E-state index contributed by atoms with van der Waals surface area (Å²) < 4.78 is 84.2. The normalized spacial score (nSPS) is 21.7. The maximum absolute atomic E-state index is 14.5. The number of carbonyl (C=O) groups is 1. The second kappa shape index (κ2) is 8.06. The SMILES string of the molecule is C[C@@]1(c2cc(CC(=O)c3nn(C(F)F)cc3Cl)ccc2F)C[C@@H](C(F)(F)F)OC(N)=N1. The zero-order valence-electron chi connectivity index (χ0n) is 15.8. The number of benzene rings is 1. The lowest BCUT2D eigenvalue weighted by molar-refractivity contribution is -0.208. The third-order valence-electron chi connectivity index (χ3n) is 4.70. The van der Waals surface area contributed by atoms with Crippen LogP contribution in [-0.4, -0.2) is 33.9 Å². The Kier molecular flexibility index (Phi) is 5.96. The van der Waals surface area contributed by atoms with Crippen LogP contribution in [0.1, 0.15) is 41.5 Å². The highest BCUT2D eigenvalue weighted by atomic mass is 35.5. The van der Waals surface area contributed by atoms with E-state index in [4.69, 9.17) is 17.3 Å². The molecule has 0 saturated heterocycles. The van der Waals surface area contributed by atoms with Crippen molar-refractivity contribution >= 4 is 23.4 Å². The number of ether oxygens (including phenoxy) is 1. The van der Waals surface area contributed by atoms with Crippen LogP contribution in [-0.2, 0) is 16.7 Å². The molecule has 0 spiro atoms. The lowest BCUT2D eigenvalue weighted by atomic mass is 9.84. The van der Waals surface area contributed by atoms with Crippen LogP contribution in [0, 0.1) is 5.82 Å². The highest BCUT2D eigenvalue weighted by molar-refractivity contribution is 6.33. The quantitative estimate of drug-likeness (QED) is 0.521. The maximum Gasteiger partial charge on any atom is 0.425 e. The number of nitrogens with two attached hydrogens (primary N) is 1. The summed E-state index contributed by atoms with van der Waals surface area (Å²) in [5.41, 5.74) is 3.21. The van der Waals surface area contributed by atoms with Gasteiger partial charge in [0.1, 0.15) is 11.5 Å². The minimum atomic E-state index is -4.76. The standard InChI is InChI=1S/C18H15ClF6N4O2/c1-17(6-13(18(23,24)25)31-16(26)27-17)9-4-8(2-3-11(9)20)5-12(30)14-10(19)7-29(28-14)15(21)22/h2-4,7,13,15H,5-6H2,1H3,(H2,26,27)/t13-,17-/m0/s1. The summed E-state index contributed by atoms with van der Waals surface area (Å²) in [7, 11) is 0. The second-order valence-electron chi connectivity index (χ2n) is 7.07. The first-order valence-electron chi connectivity index (χ1n) is 8.74. The maximum atomic E-state index is 14.5. The van der Waals surface area contributed by atoms with Crippen molar-refractivity contribution < 1.29 is 35.9 Å². The molecular formula is C18H15ClF6N4O2. The molecule has 2 N–H and O–H groups in total. The van der Waals surface area contributed by atoms with Crippen LogP contribution in [0.15, 0.2) is 29.4 Å². The van der Waals surface area contributed by atoms with Crippen LogP contribution in [0.5, 0.6) is 0 Å². The van der Waals surface area contributed by atoms with E-state index in [1.807, 2.05) is 0 Å². The first-order chi connectivity index (χ1) is 14.3. The lowest BCUT2D eigenvalue weighted by Crippen LogP contribution is -2.46. The number of nitrogens with zero attached hydrogens (tertiary/aromatic N) is 3. The van der Waals surface area contributed by atoms with E-state index < -0.39 is 60.5 Å². The molecule has 0 saturated carbocycles. The average Bonchev–Trinajstić information content (AvgIpc) is 3.04. The van der Waals surface area contributed by atoms with Gasteiger partial charge in [0.2, 0.25) is 0 Å². The fourth-order valence-corrected chi connectivity index (χ4v) is 3.48. The number of rotatable bonds is 5. The fourth-order valence-electron chi connectivity index (χ4n) is 3.24. The molecule has 0 aliphatic carbocycles. The van der Waals surface area contributed by atoms with E-state index in [9.17, 15) is 31.1 Å². The molecule has 3 rings (SSSR count). The van der Waals surface area contributed by atoms with E-state index in [2.05, 4.69) is 14.8 Å². The number of alkyl halides is 5. The minimum absolute atomic E-state index is 0.189. The third kappa shape index (κ3) is 4.78. The summed E-state index contributed by atoms with van der Waals surface area (Å²) in [5, 5.41) is 3.13. The van der Waals surface area contributed by atoms with Gasteiger partial charge in [-0.3, -0.25) is 4.79 Å². The van der Waals surface area contributed by atoms with Gasteiger partial charge in [0.15, 0.2) is 11.9 Å². The molecule has 1 aliphatic heterocycles. The zero-order valence-corrected chi connectivity index (χ0v) is 16.5. The molecule has 6 nitrogen and oxygen atoms in total. The summed E-state index contributed by atoms with van der Waals surface area (Å²) in [6, 6.07) is 2.61. The molecule has 2 heterocycles. The van der Waals surface area contributed by atoms with E-state index >= 15 is 0 Å². The van der Waals surface area contributed by atoms with Gasteiger partial charge in [-0.15, -0.1) is 0 Å². The van der Waals surface area contributed by atoms with Crippen LogP contribution >= 0.6 is 11.6 Å².